The Kier molecular flexibility index (Phi) is 4.50. The molecule has 9 heteroatoms. The van der Waals surface area contributed by atoms with Crippen molar-refractivity contribution in [2.75, 3.05) is 19.5 Å². The number of nitrogens with two attached hydrogens (primary N) is 1. The molecule has 5 N–H and O–H groups in total. The fraction of sp³-hybridized carbons (Fsp3) is 0.615. The lowest BCUT2D eigenvalue weighted by Gasteiger charge is -2.33. The van der Waals surface area contributed by atoms with Crippen LogP contribution in [0.1, 0.15) is 26.3 Å². The van der Waals surface area contributed by atoms with E-state index in [0.29, 0.717) is 5.65 Å². The van der Waals surface area contributed by atoms with Crippen LogP contribution in [0.4, 0.5) is 5.95 Å². The van der Waals surface area contributed by atoms with Crippen molar-refractivity contribution in [3.63, 3.8) is 0 Å². The maximum atomic E-state index is 11.8. The molecule has 3 atom stereocenters. The van der Waals surface area contributed by atoms with Gasteiger partial charge in [0.2, 0.25) is 5.95 Å². The number of rotatable bonds is 6. The van der Waals surface area contributed by atoms with Gasteiger partial charge in [-0.1, -0.05) is 0 Å². The lowest BCUT2D eigenvalue weighted by molar-refractivity contribution is -0.0559. The SMILES string of the molecule is CO[C@H](CO)C[C@](C)(O)[C@@H](C)n1cnc2c(=O)[nH]c(N)nc21. The predicted molar refractivity (Wildman–Crippen MR) is 80.4 cm³/mol. The molecule has 2 aromatic heterocycles. The quantitative estimate of drug-likeness (QED) is 0.559. The standard InChI is InChI=1S/C13H21N5O4/c1-7(13(2,21)4-8(5-19)22-3)18-6-15-9-10(18)16-12(14)17-11(9)20/h6-8,19,21H,4-5H2,1-3H3,(H3,14,16,17,20)/t7-,8+,13+/m1/s1. The van der Waals surface area contributed by atoms with Crippen molar-refractivity contribution >= 4 is 17.1 Å². The molecule has 0 aliphatic rings. The van der Waals surface area contributed by atoms with Crippen molar-refractivity contribution in [3.05, 3.63) is 16.7 Å². The Labute approximate surface area is 126 Å². The van der Waals surface area contributed by atoms with E-state index in [1.54, 1.807) is 18.4 Å². The number of methoxy groups -OCH3 is 1. The summed E-state index contributed by atoms with van der Waals surface area (Å²) in [5.41, 5.74) is 4.37. The number of nitrogens with one attached hydrogen (secondary N) is 1. The maximum absolute atomic E-state index is 11.8. The van der Waals surface area contributed by atoms with Crippen LogP contribution >= 0.6 is 0 Å². The van der Waals surface area contributed by atoms with Gasteiger partial charge in [0, 0.05) is 13.5 Å². The van der Waals surface area contributed by atoms with Crippen LogP contribution in [-0.4, -0.2) is 55.2 Å². The Bertz CT molecular complexity index is 704. The lowest BCUT2D eigenvalue weighted by Crippen LogP contribution is -2.39. The Morgan fingerprint density at radius 2 is 2.27 bits per heavy atom. The first-order chi connectivity index (χ1) is 10.3. The highest BCUT2D eigenvalue weighted by molar-refractivity contribution is 5.70. The molecule has 0 bridgehead atoms. The van der Waals surface area contributed by atoms with Crippen molar-refractivity contribution < 1.29 is 14.9 Å². The molecule has 0 saturated carbocycles. The molecule has 0 amide bonds. The molecule has 0 spiro atoms. The Morgan fingerprint density at radius 3 is 2.86 bits per heavy atom. The first kappa shape index (κ1) is 16.4. The molecule has 0 radical (unpaired) electrons. The number of hydrogen-bond donors (Lipinski definition) is 4. The molecule has 0 aliphatic heterocycles. The number of aliphatic hydroxyl groups is 2. The summed E-state index contributed by atoms with van der Waals surface area (Å²) in [5.74, 6) is -0.0174. The van der Waals surface area contributed by atoms with Crippen LogP contribution in [-0.2, 0) is 4.74 Å². The zero-order valence-electron chi connectivity index (χ0n) is 12.8. The molecule has 0 aromatic carbocycles. The molecule has 2 aromatic rings. The van der Waals surface area contributed by atoms with E-state index in [0.717, 1.165) is 0 Å². The number of fused-ring (bicyclic) bond motifs is 1. The highest BCUT2D eigenvalue weighted by Gasteiger charge is 2.34. The number of hydrogen-bond acceptors (Lipinski definition) is 7. The van der Waals surface area contributed by atoms with Crippen LogP contribution in [0.5, 0.6) is 0 Å². The number of nitrogens with zero attached hydrogens (tertiary/aromatic N) is 3. The van der Waals surface area contributed by atoms with Gasteiger partial charge in [-0.15, -0.1) is 0 Å². The Morgan fingerprint density at radius 1 is 1.59 bits per heavy atom. The van der Waals surface area contributed by atoms with E-state index in [1.165, 1.54) is 13.4 Å². The smallest absolute Gasteiger partial charge is 0.280 e. The van der Waals surface area contributed by atoms with Gasteiger partial charge in [0.25, 0.3) is 5.56 Å². The summed E-state index contributed by atoms with van der Waals surface area (Å²) in [6.07, 6.45) is 1.15. The van der Waals surface area contributed by atoms with E-state index in [-0.39, 0.29) is 24.5 Å². The highest BCUT2D eigenvalue weighted by atomic mass is 16.5. The molecule has 2 heterocycles. The van der Waals surface area contributed by atoms with Crippen molar-refractivity contribution in [2.24, 2.45) is 0 Å². The summed E-state index contributed by atoms with van der Waals surface area (Å²) >= 11 is 0. The largest absolute Gasteiger partial charge is 0.394 e. The highest BCUT2D eigenvalue weighted by Crippen LogP contribution is 2.29. The predicted octanol–water partition coefficient (Wildman–Crippen LogP) is -0.589. The molecule has 0 unspecified atom stereocenters. The first-order valence-electron chi connectivity index (χ1n) is 6.88. The van der Waals surface area contributed by atoms with E-state index < -0.39 is 23.3 Å². The third kappa shape index (κ3) is 2.96. The Hall–Kier alpha value is -1.97. The van der Waals surface area contributed by atoms with Gasteiger partial charge in [-0.25, -0.2) is 4.98 Å². The van der Waals surface area contributed by atoms with Gasteiger partial charge < -0.3 is 25.3 Å². The number of aliphatic hydroxyl groups excluding tert-OH is 1. The van der Waals surface area contributed by atoms with Crippen molar-refractivity contribution in [3.8, 4) is 0 Å². The molecular weight excluding hydrogens is 290 g/mol. The van der Waals surface area contributed by atoms with Gasteiger partial charge in [0.15, 0.2) is 11.2 Å². The van der Waals surface area contributed by atoms with Crippen LogP contribution in [0, 0.1) is 0 Å². The van der Waals surface area contributed by atoms with E-state index >= 15 is 0 Å². The summed E-state index contributed by atoms with van der Waals surface area (Å²) in [5, 5.41) is 19.9. The third-order valence-corrected chi connectivity index (χ3v) is 3.95. The molecule has 0 saturated heterocycles. The second-order valence-corrected chi connectivity index (χ2v) is 5.55. The average molecular weight is 311 g/mol. The van der Waals surface area contributed by atoms with E-state index in [9.17, 15) is 15.0 Å². The second kappa shape index (κ2) is 6.03. The summed E-state index contributed by atoms with van der Waals surface area (Å²) < 4.78 is 6.69. The number of aromatic nitrogens is 4. The van der Waals surface area contributed by atoms with Crippen LogP contribution in [0.15, 0.2) is 11.1 Å². The Balaban J connectivity index is 2.40. The number of H-pyrrole nitrogens is 1. The van der Waals surface area contributed by atoms with Gasteiger partial charge in [-0.3, -0.25) is 9.78 Å². The summed E-state index contributed by atoms with van der Waals surface area (Å²) in [7, 11) is 1.47. The number of anilines is 1. The summed E-state index contributed by atoms with van der Waals surface area (Å²) in [6.45, 7) is 3.20. The summed E-state index contributed by atoms with van der Waals surface area (Å²) in [6, 6.07) is -0.463. The van der Waals surface area contributed by atoms with E-state index in [2.05, 4.69) is 15.0 Å². The maximum Gasteiger partial charge on any atom is 0.280 e. The van der Waals surface area contributed by atoms with Crippen LogP contribution < -0.4 is 11.3 Å². The van der Waals surface area contributed by atoms with E-state index in [4.69, 9.17) is 10.5 Å². The fourth-order valence-corrected chi connectivity index (χ4v) is 2.38. The van der Waals surface area contributed by atoms with Gasteiger partial charge in [-0.2, -0.15) is 4.98 Å². The number of aromatic amines is 1. The second-order valence-electron chi connectivity index (χ2n) is 5.55. The molecule has 22 heavy (non-hydrogen) atoms. The summed E-state index contributed by atoms with van der Waals surface area (Å²) in [4.78, 5) is 22.3. The van der Waals surface area contributed by atoms with Gasteiger partial charge in [0.1, 0.15) is 0 Å². The van der Waals surface area contributed by atoms with Crippen LogP contribution in [0.2, 0.25) is 0 Å². The minimum absolute atomic E-state index is 0.0174. The number of nitrogen functional groups attached to an aromatic ring is 1. The molecule has 122 valence electrons. The van der Waals surface area contributed by atoms with Crippen molar-refractivity contribution in [2.45, 2.75) is 38.0 Å². The molecule has 2 rings (SSSR count). The van der Waals surface area contributed by atoms with Gasteiger partial charge >= 0.3 is 0 Å². The topological polar surface area (TPSA) is 139 Å². The minimum Gasteiger partial charge on any atom is -0.394 e. The number of imidazole rings is 1. The van der Waals surface area contributed by atoms with Crippen LogP contribution in [0.3, 0.4) is 0 Å². The molecule has 9 nitrogen and oxygen atoms in total. The zero-order chi connectivity index (χ0) is 16.5. The van der Waals surface area contributed by atoms with Gasteiger partial charge in [0.05, 0.1) is 30.7 Å². The van der Waals surface area contributed by atoms with Crippen LogP contribution in [0.25, 0.3) is 11.2 Å². The first-order valence-corrected chi connectivity index (χ1v) is 6.88. The molecule has 0 aliphatic carbocycles. The third-order valence-electron chi connectivity index (χ3n) is 3.95. The van der Waals surface area contributed by atoms with Crippen molar-refractivity contribution in [1.82, 2.24) is 19.5 Å². The molecular formula is C13H21N5O4. The molecule has 0 fully saturated rings. The van der Waals surface area contributed by atoms with Crippen molar-refractivity contribution in [1.29, 1.82) is 0 Å². The minimum atomic E-state index is -1.21. The fourth-order valence-electron chi connectivity index (χ4n) is 2.38. The van der Waals surface area contributed by atoms with Gasteiger partial charge in [-0.05, 0) is 13.8 Å². The normalized spacial score (nSPS) is 17.3. The zero-order valence-corrected chi connectivity index (χ0v) is 12.8. The van der Waals surface area contributed by atoms with E-state index in [1.807, 2.05) is 0 Å². The number of ether oxygens (including phenoxy) is 1. The lowest BCUT2D eigenvalue weighted by atomic mass is 9.91. The average Bonchev–Trinajstić information content (AvgIpc) is 2.87. The monoisotopic (exact) mass is 311 g/mol.